The predicted molar refractivity (Wildman–Crippen MR) is 50.6 cm³/mol. The summed E-state index contributed by atoms with van der Waals surface area (Å²) >= 11 is 0. The zero-order chi connectivity index (χ0) is 9.92. The maximum atomic E-state index is 9.79. The average molecular weight is 196 g/mol. The summed E-state index contributed by atoms with van der Waals surface area (Å²) in [5.41, 5.74) is 0. The van der Waals surface area contributed by atoms with E-state index in [1.54, 1.807) is 0 Å². The molecule has 14 heavy (non-hydrogen) atoms. The summed E-state index contributed by atoms with van der Waals surface area (Å²) in [4.78, 5) is 0. The Kier molecular flexibility index (Phi) is 1.65. The standard InChI is InChI=1S/C11H16O3/c1-11(2)13-9-6-3-4-8(12)7(5-6)10(9)14-11/h3-4,6-10,12H,5H2,1-2H3/t6-,7-,8+,9+,10-/m1/s1. The van der Waals surface area contributed by atoms with E-state index in [2.05, 4.69) is 6.08 Å². The van der Waals surface area contributed by atoms with Crippen LogP contribution in [-0.2, 0) is 9.47 Å². The van der Waals surface area contributed by atoms with Crippen LogP contribution in [0.1, 0.15) is 20.3 Å². The summed E-state index contributed by atoms with van der Waals surface area (Å²) in [5.74, 6) is 0.198. The first-order valence-electron chi connectivity index (χ1n) is 5.29. The quantitative estimate of drug-likeness (QED) is 0.589. The van der Waals surface area contributed by atoms with Gasteiger partial charge in [0.1, 0.15) is 0 Å². The van der Waals surface area contributed by atoms with Crippen molar-refractivity contribution in [2.75, 3.05) is 0 Å². The van der Waals surface area contributed by atoms with Crippen LogP contribution < -0.4 is 0 Å². The predicted octanol–water partition coefficient (Wildman–Crippen LogP) is 1.07. The number of hydrogen-bond donors (Lipinski definition) is 1. The van der Waals surface area contributed by atoms with Gasteiger partial charge in [-0.15, -0.1) is 0 Å². The molecular weight excluding hydrogens is 180 g/mol. The van der Waals surface area contributed by atoms with E-state index in [1.807, 2.05) is 19.9 Å². The third-order valence-corrected chi connectivity index (χ3v) is 3.55. The SMILES string of the molecule is CC1(C)O[C@@H]2[C@@H]3C[C@@H](C=C[C@@H]3O)[C@@H]2O1. The van der Waals surface area contributed by atoms with Gasteiger partial charge in [-0.2, -0.15) is 0 Å². The van der Waals surface area contributed by atoms with Crippen LogP contribution >= 0.6 is 0 Å². The fraction of sp³-hybridized carbons (Fsp3) is 0.818. The molecule has 3 rings (SSSR count). The minimum Gasteiger partial charge on any atom is -0.389 e. The van der Waals surface area contributed by atoms with Gasteiger partial charge in [0.25, 0.3) is 0 Å². The molecule has 0 aromatic carbocycles. The third kappa shape index (κ3) is 1.09. The van der Waals surface area contributed by atoms with Crippen LogP contribution in [0.4, 0.5) is 0 Å². The van der Waals surface area contributed by atoms with E-state index >= 15 is 0 Å². The van der Waals surface area contributed by atoms with Crippen molar-refractivity contribution in [2.24, 2.45) is 11.8 Å². The van der Waals surface area contributed by atoms with Crippen molar-refractivity contribution in [3.05, 3.63) is 12.2 Å². The number of aliphatic hydroxyl groups is 1. The van der Waals surface area contributed by atoms with Crippen LogP contribution in [0.25, 0.3) is 0 Å². The van der Waals surface area contributed by atoms with Crippen molar-refractivity contribution in [2.45, 2.75) is 44.4 Å². The molecule has 0 aromatic rings. The highest BCUT2D eigenvalue weighted by atomic mass is 16.8. The van der Waals surface area contributed by atoms with Crippen molar-refractivity contribution in [3.63, 3.8) is 0 Å². The molecule has 5 atom stereocenters. The van der Waals surface area contributed by atoms with E-state index < -0.39 is 5.79 Å². The summed E-state index contributed by atoms with van der Waals surface area (Å²) in [6, 6.07) is 0. The minimum atomic E-state index is -0.475. The van der Waals surface area contributed by atoms with Gasteiger partial charge in [-0.3, -0.25) is 0 Å². The Balaban J connectivity index is 1.91. The molecule has 0 unspecified atom stereocenters. The molecule has 1 heterocycles. The van der Waals surface area contributed by atoms with Crippen molar-refractivity contribution in [3.8, 4) is 0 Å². The zero-order valence-electron chi connectivity index (χ0n) is 8.51. The molecule has 78 valence electrons. The van der Waals surface area contributed by atoms with Crippen LogP contribution in [0.2, 0.25) is 0 Å². The molecule has 0 amide bonds. The Morgan fingerprint density at radius 1 is 1.21 bits per heavy atom. The smallest absolute Gasteiger partial charge is 0.163 e. The highest BCUT2D eigenvalue weighted by molar-refractivity contribution is 5.15. The maximum Gasteiger partial charge on any atom is 0.163 e. The van der Waals surface area contributed by atoms with Crippen molar-refractivity contribution in [1.29, 1.82) is 0 Å². The Hall–Kier alpha value is -0.380. The zero-order valence-corrected chi connectivity index (χ0v) is 8.51. The lowest BCUT2D eigenvalue weighted by molar-refractivity contribution is -0.163. The first kappa shape index (κ1) is 8.89. The molecule has 0 spiro atoms. The van der Waals surface area contributed by atoms with Gasteiger partial charge in [0, 0.05) is 11.8 Å². The van der Waals surface area contributed by atoms with Gasteiger partial charge in [0.2, 0.25) is 0 Å². The number of hydrogen-bond acceptors (Lipinski definition) is 3. The van der Waals surface area contributed by atoms with Gasteiger partial charge in [0.05, 0.1) is 18.3 Å². The summed E-state index contributed by atoms with van der Waals surface area (Å²) in [6.07, 6.45) is 4.86. The molecule has 3 aliphatic rings. The van der Waals surface area contributed by atoms with E-state index in [9.17, 15) is 5.11 Å². The highest BCUT2D eigenvalue weighted by Gasteiger charge is 2.55. The van der Waals surface area contributed by atoms with Crippen LogP contribution in [0.5, 0.6) is 0 Å². The number of aliphatic hydroxyl groups excluding tert-OH is 1. The van der Waals surface area contributed by atoms with Crippen molar-refractivity contribution in [1.82, 2.24) is 0 Å². The van der Waals surface area contributed by atoms with Crippen molar-refractivity contribution >= 4 is 0 Å². The van der Waals surface area contributed by atoms with Gasteiger partial charge in [0.15, 0.2) is 5.79 Å². The van der Waals surface area contributed by atoms with Crippen LogP contribution in [0.15, 0.2) is 12.2 Å². The summed E-state index contributed by atoms with van der Waals surface area (Å²) in [5, 5.41) is 9.79. The third-order valence-electron chi connectivity index (χ3n) is 3.55. The van der Waals surface area contributed by atoms with E-state index in [4.69, 9.17) is 9.47 Å². The fourth-order valence-electron chi connectivity index (χ4n) is 2.98. The summed E-state index contributed by atoms with van der Waals surface area (Å²) in [7, 11) is 0. The fourth-order valence-corrected chi connectivity index (χ4v) is 2.98. The number of ether oxygens (including phenoxy) is 2. The molecule has 1 N–H and O–H groups in total. The number of rotatable bonds is 0. The average Bonchev–Trinajstić information content (AvgIpc) is 2.53. The normalized spacial score (nSPS) is 53.5. The second kappa shape index (κ2) is 2.60. The molecule has 2 bridgehead atoms. The van der Waals surface area contributed by atoms with E-state index in [-0.39, 0.29) is 24.2 Å². The largest absolute Gasteiger partial charge is 0.389 e. The highest BCUT2D eigenvalue weighted by Crippen LogP contribution is 2.48. The molecule has 0 radical (unpaired) electrons. The van der Waals surface area contributed by atoms with Crippen molar-refractivity contribution < 1.29 is 14.6 Å². The molecule has 3 nitrogen and oxygen atoms in total. The summed E-state index contributed by atoms with van der Waals surface area (Å²) < 4.78 is 11.7. The van der Waals surface area contributed by atoms with Gasteiger partial charge in [-0.25, -0.2) is 0 Å². The molecule has 3 heteroatoms. The number of fused-ring (bicyclic) bond motifs is 5. The first-order valence-corrected chi connectivity index (χ1v) is 5.29. The van der Waals surface area contributed by atoms with Crippen LogP contribution in [0, 0.1) is 11.8 Å². The van der Waals surface area contributed by atoms with E-state index in [0.717, 1.165) is 6.42 Å². The Morgan fingerprint density at radius 2 is 1.93 bits per heavy atom. The Labute approximate surface area is 83.7 Å². The monoisotopic (exact) mass is 196 g/mol. The van der Waals surface area contributed by atoms with Gasteiger partial charge >= 0.3 is 0 Å². The lowest BCUT2D eigenvalue weighted by Gasteiger charge is -2.26. The Bertz CT molecular complexity index is 284. The summed E-state index contributed by atoms with van der Waals surface area (Å²) in [6.45, 7) is 3.88. The van der Waals surface area contributed by atoms with Crippen LogP contribution in [0.3, 0.4) is 0 Å². The molecule has 1 saturated heterocycles. The second-order valence-electron chi connectivity index (χ2n) is 5.00. The molecule has 2 aliphatic carbocycles. The van der Waals surface area contributed by atoms with Crippen LogP contribution in [-0.4, -0.2) is 29.2 Å². The molecule has 1 aliphatic heterocycles. The second-order valence-corrected chi connectivity index (χ2v) is 5.00. The van der Waals surface area contributed by atoms with Gasteiger partial charge < -0.3 is 14.6 Å². The molecule has 1 saturated carbocycles. The first-order chi connectivity index (χ1) is 6.57. The molecular formula is C11H16O3. The van der Waals surface area contributed by atoms with Gasteiger partial charge in [-0.05, 0) is 20.3 Å². The lowest BCUT2D eigenvalue weighted by atomic mass is 9.92. The van der Waals surface area contributed by atoms with E-state index in [1.165, 1.54) is 0 Å². The van der Waals surface area contributed by atoms with Gasteiger partial charge in [-0.1, -0.05) is 12.2 Å². The minimum absolute atomic E-state index is 0.0833. The molecule has 2 fully saturated rings. The molecule has 0 aromatic heterocycles. The maximum absolute atomic E-state index is 9.79. The van der Waals surface area contributed by atoms with E-state index in [0.29, 0.717) is 5.92 Å². The Morgan fingerprint density at radius 3 is 2.71 bits per heavy atom. The topological polar surface area (TPSA) is 38.7 Å². The lowest BCUT2D eigenvalue weighted by Crippen LogP contribution is -2.31.